The highest BCUT2D eigenvalue weighted by atomic mass is 15.2. The summed E-state index contributed by atoms with van der Waals surface area (Å²) < 4.78 is 2.52. The number of fused-ring (bicyclic) bond motifs is 10. The van der Waals surface area contributed by atoms with Crippen molar-refractivity contribution in [2.45, 2.75) is 12.8 Å². The fourth-order valence-electron chi connectivity index (χ4n) is 10.6. The molecule has 3 nitrogen and oxygen atoms in total. The summed E-state index contributed by atoms with van der Waals surface area (Å²) in [4.78, 5) is 4.82. The van der Waals surface area contributed by atoms with Crippen molar-refractivity contribution in [2.75, 3.05) is 9.80 Å². The minimum absolute atomic E-state index is 1.02. The fourth-order valence-corrected chi connectivity index (χ4v) is 10.6. The number of rotatable bonds is 8. The van der Waals surface area contributed by atoms with E-state index in [9.17, 15) is 0 Å². The molecular formula is C64H45N3. The molecule has 0 saturated carbocycles. The highest BCUT2D eigenvalue weighted by molar-refractivity contribution is 6.32. The lowest BCUT2D eigenvalue weighted by Crippen LogP contribution is -2.13. The summed E-state index contributed by atoms with van der Waals surface area (Å²) in [6.45, 7) is 0. The molecule has 0 bridgehead atoms. The first-order valence-corrected chi connectivity index (χ1v) is 23.3. The predicted octanol–water partition coefficient (Wildman–Crippen LogP) is 18.2. The Bertz CT molecular complexity index is 3790. The predicted molar refractivity (Wildman–Crippen MR) is 287 cm³/mol. The van der Waals surface area contributed by atoms with Crippen LogP contribution in [0.1, 0.15) is 12.8 Å². The molecule has 0 atom stereocenters. The van der Waals surface area contributed by atoms with Crippen molar-refractivity contribution in [3.63, 3.8) is 0 Å². The maximum absolute atomic E-state index is 2.52. The van der Waals surface area contributed by atoms with Gasteiger partial charge in [0.2, 0.25) is 0 Å². The van der Waals surface area contributed by atoms with Gasteiger partial charge in [-0.1, -0.05) is 164 Å². The summed E-state index contributed by atoms with van der Waals surface area (Å²) in [7, 11) is 0. The van der Waals surface area contributed by atoms with Crippen LogP contribution in [0, 0.1) is 0 Å². The lowest BCUT2D eigenvalue weighted by Gasteiger charge is -2.30. The van der Waals surface area contributed by atoms with E-state index in [0.29, 0.717) is 0 Å². The molecule has 0 radical (unpaired) electrons. The zero-order chi connectivity index (χ0) is 44.3. The third-order valence-electron chi connectivity index (χ3n) is 13.6. The van der Waals surface area contributed by atoms with E-state index in [-0.39, 0.29) is 0 Å². The molecule has 3 heteroatoms. The molecule has 0 fully saturated rings. The van der Waals surface area contributed by atoms with E-state index >= 15 is 0 Å². The van der Waals surface area contributed by atoms with Crippen molar-refractivity contribution in [3.8, 4) is 11.1 Å². The summed E-state index contributed by atoms with van der Waals surface area (Å²) in [6.07, 6.45) is 9.12. The second-order valence-corrected chi connectivity index (χ2v) is 17.6. The van der Waals surface area contributed by atoms with E-state index in [1.807, 2.05) is 0 Å². The zero-order valence-electron chi connectivity index (χ0n) is 36.9. The van der Waals surface area contributed by atoms with Gasteiger partial charge in [-0.25, -0.2) is 0 Å². The Labute approximate surface area is 390 Å². The molecule has 11 aromatic carbocycles. The van der Waals surface area contributed by atoms with Crippen molar-refractivity contribution in [2.24, 2.45) is 0 Å². The van der Waals surface area contributed by atoms with E-state index in [1.165, 1.54) is 70.6 Å². The van der Waals surface area contributed by atoms with E-state index in [2.05, 4.69) is 263 Å². The van der Waals surface area contributed by atoms with Crippen molar-refractivity contribution < 1.29 is 0 Å². The molecule has 0 saturated heterocycles. The maximum Gasteiger partial charge on any atom is 0.0625 e. The van der Waals surface area contributed by atoms with Gasteiger partial charge in [-0.3, -0.25) is 0 Å². The number of anilines is 6. The molecule has 1 aliphatic rings. The second kappa shape index (κ2) is 16.1. The largest absolute Gasteiger partial charge is 0.310 e. The summed E-state index contributed by atoms with van der Waals surface area (Å²) in [6, 6.07) is 84.6. The molecule has 12 aromatic rings. The summed E-state index contributed by atoms with van der Waals surface area (Å²) >= 11 is 0. The van der Waals surface area contributed by atoms with Crippen LogP contribution in [0.3, 0.4) is 0 Å². The minimum Gasteiger partial charge on any atom is -0.310 e. The third-order valence-corrected chi connectivity index (χ3v) is 13.6. The Balaban J connectivity index is 1.11. The maximum atomic E-state index is 2.52. The van der Waals surface area contributed by atoms with Gasteiger partial charge in [0.1, 0.15) is 0 Å². The zero-order valence-corrected chi connectivity index (χ0v) is 36.9. The molecule has 1 aliphatic carbocycles. The molecule has 67 heavy (non-hydrogen) atoms. The van der Waals surface area contributed by atoms with Crippen LogP contribution in [-0.2, 0) is 0 Å². The Morgan fingerprint density at radius 2 is 0.851 bits per heavy atom. The van der Waals surface area contributed by atoms with E-state index in [1.54, 1.807) is 0 Å². The van der Waals surface area contributed by atoms with Crippen LogP contribution >= 0.6 is 0 Å². The summed E-state index contributed by atoms with van der Waals surface area (Å²) in [5, 5.41) is 12.4. The van der Waals surface area contributed by atoms with Crippen LogP contribution in [0.15, 0.2) is 249 Å². The van der Waals surface area contributed by atoms with Crippen molar-refractivity contribution in [1.29, 1.82) is 0 Å². The standard InChI is InChI=1S/C64H45N3/c1-4-22-50(23-5-1)65(53-35-32-44-18-10-12-20-46(44)38-53)55-40-49(41-56(43-55)66(51-24-6-2-7-25-51)54-36-33-45-19-11-13-21-47(45)39-54)48-34-37-62-61(42-48)63-59-30-16-14-28-57(59)58-29-15-17-31-60(58)64(63)67(62)52-26-8-3-9-27-52/h1-2,4-8,10-43H,3,9H2. The van der Waals surface area contributed by atoms with E-state index in [4.69, 9.17) is 0 Å². The van der Waals surface area contributed by atoms with Crippen molar-refractivity contribution in [3.05, 3.63) is 249 Å². The number of aromatic nitrogens is 1. The Kier molecular flexibility index (Phi) is 9.31. The van der Waals surface area contributed by atoms with Gasteiger partial charge < -0.3 is 14.4 Å². The summed E-state index contributed by atoms with van der Waals surface area (Å²) in [5.74, 6) is 0. The van der Waals surface area contributed by atoms with E-state index in [0.717, 1.165) is 58.1 Å². The van der Waals surface area contributed by atoms with Gasteiger partial charge >= 0.3 is 0 Å². The Morgan fingerprint density at radius 3 is 1.43 bits per heavy atom. The molecule has 0 aliphatic heterocycles. The molecule has 13 rings (SSSR count). The topological polar surface area (TPSA) is 11.4 Å². The first kappa shape index (κ1) is 38.8. The Morgan fingerprint density at radius 1 is 0.328 bits per heavy atom. The van der Waals surface area contributed by atoms with Gasteiger partial charge in [-0.2, -0.15) is 0 Å². The monoisotopic (exact) mass is 855 g/mol. The number of benzene rings is 11. The number of para-hydroxylation sites is 2. The highest BCUT2D eigenvalue weighted by Gasteiger charge is 2.23. The minimum atomic E-state index is 1.02. The average molecular weight is 856 g/mol. The average Bonchev–Trinajstić information content (AvgIpc) is 3.75. The van der Waals surface area contributed by atoms with Gasteiger partial charge in [0, 0.05) is 56.0 Å². The number of allylic oxidation sites excluding steroid dienone is 4. The SMILES string of the molecule is C1=CC(n2c3ccc(-c4cc(N(c5ccccc5)c5ccc6ccccc6c5)cc(N(c5ccccc5)c5ccc6ccccc6c5)c4)cc3c3c4ccccc4c4ccccc4c32)=CCC1. The molecule has 0 amide bonds. The van der Waals surface area contributed by atoms with Crippen LogP contribution in [0.25, 0.3) is 81.7 Å². The molecule has 0 N–H and O–H groups in total. The molecule has 1 heterocycles. The van der Waals surface area contributed by atoms with Gasteiger partial charge in [-0.15, -0.1) is 0 Å². The molecule has 1 aromatic heterocycles. The fraction of sp³-hybridized carbons (Fsp3) is 0.0312. The second-order valence-electron chi connectivity index (χ2n) is 17.6. The van der Waals surface area contributed by atoms with Gasteiger partial charge in [0.15, 0.2) is 0 Å². The van der Waals surface area contributed by atoms with Crippen molar-refractivity contribution in [1.82, 2.24) is 4.57 Å². The van der Waals surface area contributed by atoms with Crippen molar-refractivity contribution >= 4 is 105 Å². The molecule has 316 valence electrons. The van der Waals surface area contributed by atoms with Gasteiger partial charge in [0.25, 0.3) is 0 Å². The molecular weight excluding hydrogens is 811 g/mol. The number of hydrogen-bond acceptors (Lipinski definition) is 2. The van der Waals surface area contributed by atoms with Crippen LogP contribution < -0.4 is 9.80 Å². The Hall–Kier alpha value is -8.66. The van der Waals surface area contributed by atoms with Crippen LogP contribution in [-0.4, -0.2) is 4.57 Å². The first-order valence-electron chi connectivity index (χ1n) is 23.3. The lowest BCUT2D eigenvalue weighted by molar-refractivity contribution is 1.02. The highest BCUT2D eigenvalue weighted by Crippen LogP contribution is 2.47. The lowest BCUT2D eigenvalue weighted by atomic mass is 9.95. The first-order chi connectivity index (χ1) is 33.2. The van der Waals surface area contributed by atoms with Crippen LogP contribution in [0.5, 0.6) is 0 Å². The normalized spacial score (nSPS) is 12.7. The molecule has 0 unspecified atom stereocenters. The smallest absolute Gasteiger partial charge is 0.0625 e. The quantitative estimate of drug-likeness (QED) is 0.141. The van der Waals surface area contributed by atoms with Crippen LogP contribution in [0.2, 0.25) is 0 Å². The van der Waals surface area contributed by atoms with E-state index < -0.39 is 0 Å². The van der Waals surface area contributed by atoms with Gasteiger partial charge in [-0.05, 0) is 147 Å². The van der Waals surface area contributed by atoms with Gasteiger partial charge in [0.05, 0.1) is 11.0 Å². The third kappa shape index (κ3) is 6.66. The number of hydrogen-bond donors (Lipinski definition) is 0. The number of nitrogens with zero attached hydrogens (tertiary/aromatic N) is 3. The molecule has 0 spiro atoms. The van der Waals surface area contributed by atoms with Crippen LogP contribution in [0.4, 0.5) is 34.1 Å². The summed E-state index contributed by atoms with van der Waals surface area (Å²) in [5.41, 5.74) is 12.5.